The summed E-state index contributed by atoms with van der Waals surface area (Å²) in [5.41, 5.74) is 2.39. The fraction of sp³-hybridized carbons (Fsp3) is 0.294. The second-order valence-corrected chi connectivity index (χ2v) is 5.49. The molecule has 0 bridgehead atoms. The molecule has 1 aliphatic heterocycles. The fourth-order valence-corrected chi connectivity index (χ4v) is 2.70. The Morgan fingerprint density at radius 2 is 2.00 bits per heavy atom. The smallest absolute Gasteiger partial charge is 0.306 e. The second-order valence-electron chi connectivity index (χ2n) is 5.49. The van der Waals surface area contributed by atoms with E-state index in [1.807, 2.05) is 36.4 Å². The van der Waals surface area contributed by atoms with Gasteiger partial charge in [-0.15, -0.1) is 0 Å². The molecule has 2 heterocycles. The number of hydrogen-bond acceptors (Lipinski definition) is 3. The van der Waals surface area contributed by atoms with Gasteiger partial charge < -0.3 is 19.7 Å². The van der Waals surface area contributed by atoms with Crippen LogP contribution in [0.25, 0.3) is 11.3 Å². The lowest BCUT2D eigenvalue weighted by Crippen LogP contribution is -2.46. The van der Waals surface area contributed by atoms with Crippen LogP contribution in [-0.2, 0) is 9.53 Å². The van der Waals surface area contributed by atoms with Gasteiger partial charge in [-0.3, -0.25) is 9.59 Å². The van der Waals surface area contributed by atoms with Crippen molar-refractivity contribution in [1.29, 1.82) is 0 Å². The molecule has 3 rings (SSSR count). The maximum atomic E-state index is 12.6. The van der Waals surface area contributed by atoms with Crippen LogP contribution in [0.3, 0.4) is 0 Å². The molecule has 0 saturated carbocycles. The van der Waals surface area contributed by atoms with Gasteiger partial charge in [0.05, 0.1) is 19.1 Å². The monoisotopic (exact) mass is 314 g/mol. The molecule has 1 aromatic heterocycles. The van der Waals surface area contributed by atoms with Crippen LogP contribution in [0.5, 0.6) is 0 Å². The number of carbonyl (C=O) groups is 2. The summed E-state index contributed by atoms with van der Waals surface area (Å²) in [6.45, 7) is 1.12. The number of nitrogens with one attached hydrogen (secondary N) is 1. The van der Waals surface area contributed by atoms with Crippen LogP contribution in [0.4, 0.5) is 0 Å². The first-order chi connectivity index (χ1) is 11.1. The third-order valence-corrected chi connectivity index (χ3v) is 3.83. The molecule has 6 nitrogen and oxygen atoms in total. The van der Waals surface area contributed by atoms with Gasteiger partial charge in [-0.2, -0.15) is 0 Å². The molecule has 1 saturated heterocycles. The van der Waals surface area contributed by atoms with Crippen molar-refractivity contribution in [3.63, 3.8) is 0 Å². The molecule has 0 spiro atoms. The van der Waals surface area contributed by atoms with Gasteiger partial charge in [0.15, 0.2) is 0 Å². The van der Waals surface area contributed by atoms with E-state index in [1.165, 1.54) is 0 Å². The molecule has 1 amide bonds. The molecule has 0 radical (unpaired) electrons. The number of nitrogens with zero attached hydrogens (tertiary/aromatic N) is 1. The van der Waals surface area contributed by atoms with Crippen LogP contribution in [-0.4, -0.2) is 52.7 Å². The van der Waals surface area contributed by atoms with Crippen LogP contribution in [0.1, 0.15) is 16.9 Å². The molecule has 1 aliphatic rings. The van der Waals surface area contributed by atoms with E-state index in [0.717, 1.165) is 11.3 Å². The molecular formula is C17H18N2O4. The Morgan fingerprint density at radius 3 is 2.74 bits per heavy atom. The summed E-state index contributed by atoms with van der Waals surface area (Å²) in [7, 11) is 0. The number of ether oxygens (including phenoxy) is 1. The van der Waals surface area contributed by atoms with Crippen LogP contribution < -0.4 is 0 Å². The zero-order valence-electron chi connectivity index (χ0n) is 12.6. The number of carbonyl (C=O) groups excluding carboxylic acids is 1. The second kappa shape index (κ2) is 6.66. The maximum Gasteiger partial charge on any atom is 0.306 e. The lowest BCUT2D eigenvalue weighted by molar-refractivity contribution is -0.141. The standard InChI is InChI=1S/C17H18N2O4/c20-16(21)10-13-11-19(8-9-23-13)17(22)15-7-6-14(18-15)12-4-2-1-3-5-12/h1-7,13,18H,8-11H2,(H,20,21). The maximum absolute atomic E-state index is 12.6. The minimum absolute atomic E-state index is 0.0935. The Hall–Kier alpha value is -2.60. The van der Waals surface area contributed by atoms with Gasteiger partial charge in [0.25, 0.3) is 5.91 Å². The highest BCUT2D eigenvalue weighted by atomic mass is 16.5. The van der Waals surface area contributed by atoms with Gasteiger partial charge >= 0.3 is 5.97 Å². The summed E-state index contributed by atoms with van der Waals surface area (Å²) in [6, 6.07) is 13.4. The lowest BCUT2D eigenvalue weighted by Gasteiger charge is -2.32. The molecule has 0 aliphatic carbocycles. The van der Waals surface area contributed by atoms with Crippen molar-refractivity contribution in [3.8, 4) is 11.3 Å². The highest BCUT2D eigenvalue weighted by molar-refractivity contribution is 5.93. The summed E-state index contributed by atoms with van der Waals surface area (Å²) < 4.78 is 5.39. The van der Waals surface area contributed by atoms with Crippen LogP contribution in [0.15, 0.2) is 42.5 Å². The van der Waals surface area contributed by atoms with Gasteiger partial charge in [-0.05, 0) is 17.7 Å². The minimum Gasteiger partial charge on any atom is -0.481 e. The number of benzene rings is 1. The van der Waals surface area contributed by atoms with Crippen LogP contribution in [0, 0.1) is 0 Å². The van der Waals surface area contributed by atoms with Crippen molar-refractivity contribution in [2.45, 2.75) is 12.5 Å². The highest BCUT2D eigenvalue weighted by Crippen LogP contribution is 2.19. The van der Waals surface area contributed by atoms with Crippen molar-refractivity contribution in [3.05, 3.63) is 48.2 Å². The van der Waals surface area contributed by atoms with E-state index in [1.54, 1.807) is 11.0 Å². The average Bonchev–Trinajstić information content (AvgIpc) is 3.04. The summed E-state index contributed by atoms with van der Waals surface area (Å²) in [5.74, 6) is -1.05. The summed E-state index contributed by atoms with van der Waals surface area (Å²) in [5, 5.41) is 8.85. The Balaban J connectivity index is 1.71. The Morgan fingerprint density at radius 1 is 1.22 bits per heavy atom. The van der Waals surface area contributed by atoms with E-state index < -0.39 is 12.1 Å². The quantitative estimate of drug-likeness (QED) is 0.904. The van der Waals surface area contributed by atoms with Crippen molar-refractivity contribution >= 4 is 11.9 Å². The molecule has 120 valence electrons. The van der Waals surface area contributed by atoms with E-state index in [4.69, 9.17) is 9.84 Å². The summed E-state index contributed by atoms with van der Waals surface area (Å²) >= 11 is 0. The van der Waals surface area contributed by atoms with E-state index >= 15 is 0 Å². The number of morpholine rings is 1. The topological polar surface area (TPSA) is 82.6 Å². The minimum atomic E-state index is -0.921. The van der Waals surface area contributed by atoms with Crippen LogP contribution in [0.2, 0.25) is 0 Å². The zero-order chi connectivity index (χ0) is 16.2. The molecule has 6 heteroatoms. The number of amides is 1. The number of carboxylic acid groups (broad SMARTS) is 1. The Kier molecular flexibility index (Phi) is 4.43. The van der Waals surface area contributed by atoms with Crippen molar-refractivity contribution in [2.24, 2.45) is 0 Å². The molecular weight excluding hydrogens is 296 g/mol. The summed E-state index contributed by atoms with van der Waals surface area (Å²) in [4.78, 5) is 28.1. The average molecular weight is 314 g/mol. The van der Waals surface area contributed by atoms with Gasteiger partial charge in [-0.1, -0.05) is 30.3 Å². The predicted molar refractivity (Wildman–Crippen MR) is 84.1 cm³/mol. The molecule has 1 aromatic carbocycles. The molecule has 1 unspecified atom stereocenters. The molecule has 1 fully saturated rings. The fourth-order valence-electron chi connectivity index (χ4n) is 2.70. The van der Waals surface area contributed by atoms with Gasteiger partial charge in [0, 0.05) is 18.8 Å². The number of aromatic amines is 1. The molecule has 2 N–H and O–H groups in total. The van der Waals surface area contributed by atoms with Gasteiger partial charge in [-0.25, -0.2) is 0 Å². The Bertz CT molecular complexity index is 696. The molecule has 2 aromatic rings. The van der Waals surface area contributed by atoms with E-state index in [2.05, 4.69) is 4.98 Å². The predicted octanol–water partition coefficient (Wildman–Crippen LogP) is 2.00. The number of H-pyrrole nitrogens is 1. The number of rotatable bonds is 4. The number of hydrogen-bond donors (Lipinski definition) is 2. The van der Waals surface area contributed by atoms with E-state index in [-0.39, 0.29) is 12.3 Å². The molecule has 23 heavy (non-hydrogen) atoms. The first kappa shape index (κ1) is 15.3. The normalized spacial score (nSPS) is 17.9. The van der Waals surface area contributed by atoms with Crippen molar-refractivity contribution in [1.82, 2.24) is 9.88 Å². The number of aliphatic carboxylic acids is 1. The van der Waals surface area contributed by atoms with Crippen molar-refractivity contribution in [2.75, 3.05) is 19.7 Å². The first-order valence-corrected chi connectivity index (χ1v) is 7.50. The molecule has 1 atom stereocenters. The number of aromatic nitrogens is 1. The SMILES string of the molecule is O=C(O)CC1CN(C(=O)c2ccc(-c3ccccc3)[nH]2)CCO1. The third kappa shape index (κ3) is 3.60. The largest absolute Gasteiger partial charge is 0.481 e. The van der Waals surface area contributed by atoms with Crippen molar-refractivity contribution < 1.29 is 19.4 Å². The zero-order valence-corrected chi connectivity index (χ0v) is 12.6. The third-order valence-electron chi connectivity index (χ3n) is 3.83. The van der Waals surface area contributed by atoms with Crippen LogP contribution >= 0.6 is 0 Å². The Labute approximate surface area is 133 Å². The first-order valence-electron chi connectivity index (χ1n) is 7.50. The lowest BCUT2D eigenvalue weighted by atomic mass is 10.2. The summed E-state index contributed by atoms with van der Waals surface area (Å²) in [6.07, 6.45) is -0.544. The number of carboxylic acids is 1. The van der Waals surface area contributed by atoms with Gasteiger partial charge in [0.1, 0.15) is 5.69 Å². The van der Waals surface area contributed by atoms with E-state index in [9.17, 15) is 9.59 Å². The van der Waals surface area contributed by atoms with Gasteiger partial charge in [0.2, 0.25) is 0 Å². The van der Waals surface area contributed by atoms with E-state index in [0.29, 0.717) is 25.4 Å². The highest BCUT2D eigenvalue weighted by Gasteiger charge is 2.27.